The number of hydrogen-bond donors (Lipinski definition) is 0. The highest BCUT2D eigenvalue weighted by Gasteiger charge is 2.35. The summed E-state index contributed by atoms with van der Waals surface area (Å²) in [6.45, 7) is 0.140. The van der Waals surface area contributed by atoms with Crippen LogP contribution in [0, 0.1) is 5.82 Å². The van der Waals surface area contributed by atoms with Gasteiger partial charge in [0.25, 0.3) is 0 Å². The fourth-order valence-corrected chi connectivity index (χ4v) is 4.91. The van der Waals surface area contributed by atoms with Crippen molar-refractivity contribution in [3.63, 3.8) is 0 Å². The van der Waals surface area contributed by atoms with Crippen LogP contribution in [0.4, 0.5) is 10.1 Å². The number of benzene rings is 3. The fraction of sp³-hybridized carbons (Fsp3) is 0.174. The van der Waals surface area contributed by atoms with Gasteiger partial charge in [-0.25, -0.2) is 4.39 Å². The minimum absolute atomic E-state index is 0.00107. The summed E-state index contributed by atoms with van der Waals surface area (Å²) < 4.78 is 24.8. The van der Waals surface area contributed by atoms with E-state index in [9.17, 15) is 9.18 Å². The number of thioether (sulfide) groups is 1. The number of nitrogens with zero attached hydrogens (tertiary/aromatic N) is 1. The Bertz CT molecular complexity index is 1110. The lowest BCUT2D eigenvalue weighted by Crippen LogP contribution is -2.27. The minimum atomic E-state index is -0.334. The molecule has 0 N–H and O–H groups in total. The molecule has 3 aromatic carbocycles. The third-order valence-corrected chi connectivity index (χ3v) is 6.53. The summed E-state index contributed by atoms with van der Waals surface area (Å²) in [5.74, 6) is 0.823. The number of amides is 1. The molecule has 1 fully saturated rings. The molecule has 1 saturated heterocycles. The molecule has 8 heteroatoms. The number of ether oxygens (including phenoxy) is 2. The predicted molar refractivity (Wildman–Crippen MR) is 123 cm³/mol. The lowest BCUT2D eigenvalue weighted by Gasteiger charge is -2.25. The molecular weight excluding hydrogens is 460 g/mol. The molecule has 4 rings (SSSR count). The van der Waals surface area contributed by atoms with Crippen LogP contribution >= 0.6 is 35.0 Å². The monoisotopic (exact) mass is 477 g/mol. The Balaban J connectivity index is 1.62. The molecule has 3 aromatic rings. The smallest absolute Gasteiger partial charge is 0.238 e. The van der Waals surface area contributed by atoms with E-state index in [0.29, 0.717) is 32.9 Å². The number of carbonyl (C=O) groups is 1. The Morgan fingerprint density at radius 3 is 2.61 bits per heavy atom. The van der Waals surface area contributed by atoms with Crippen molar-refractivity contribution in [3.05, 3.63) is 87.7 Å². The Morgan fingerprint density at radius 1 is 1.13 bits per heavy atom. The van der Waals surface area contributed by atoms with Gasteiger partial charge in [0.2, 0.25) is 5.91 Å². The topological polar surface area (TPSA) is 38.8 Å². The van der Waals surface area contributed by atoms with Crippen LogP contribution in [0.3, 0.4) is 0 Å². The first-order valence-corrected chi connectivity index (χ1v) is 11.2. The van der Waals surface area contributed by atoms with E-state index in [1.54, 1.807) is 35.2 Å². The SMILES string of the molecule is COc1cc([C@@H]2SCC(=O)N2c2ccc(Cl)cc2)cc(Cl)c1OCc1cccc(F)c1. The molecule has 0 radical (unpaired) electrons. The Hall–Kier alpha value is -2.41. The van der Waals surface area contributed by atoms with Gasteiger partial charge in [-0.2, -0.15) is 0 Å². The maximum atomic E-state index is 13.4. The Morgan fingerprint density at radius 2 is 1.90 bits per heavy atom. The summed E-state index contributed by atoms with van der Waals surface area (Å²) >= 11 is 14.0. The first kappa shape index (κ1) is 21.8. The first-order chi connectivity index (χ1) is 15.0. The molecule has 31 heavy (non-hydrogen) atoms. The highest BCUT2D eigenvalue weighted by atomic mass is 35.5. The van der Waals surface area contributed by atoms with Gasteiger partial charge in [0, 0.05) is 10.7 Å². The lowest BCUT2D eigenvalue weighted by molar-refractivity contribution is -0.115. The second-order valence-electron chi connectivity index (χ2n) is 6.86. The summed E-state index contributed by atoms with van der Waals surface area (Å²) in [6, 6.07) is 16.9. The number of halogens is 3. The second kappa shape index (κ2) is 9.39. The molecule has 4 nitrogen and oxygen atoms in total. The fourth-order valence-electron chi connectivity index (χ4n) is 3.36. The van der Waals surface area contributed by atoms with Crippen LogP contribution < -0.4 is 14.4 Å². The van der Waals surface area contributed by atoms with Crippen LogP contribution in [0.5, 0.6) is 11.5 Å². The summed E-state index contributed by atoms with van der Waals surface area (Å²) in [5.41, 5.74) is 2.24. The third-order valence-electron chi connectivity index (χ3n) is 4.78. The van der Waals surface area contributed by atoms with Crippen LogP contribution in [0.15, 0.2) is 60.7 Å². The van der Waals surface area contributed by atoms with E-state index < -0.39 is 0 Å². The first-order valence-electron chi connectivity index (χ1n) is 9.40. The zero-order valence-electron chi connectivity index (χ0n) is 16.5. The van der Waals surface area contributed by atoms with Crippen LogP contribution in [0.1, 0.15) is 16.5 Å². The molecule has 1 amide bonds. The summed E-state index contributed by atoms with van der Waals surface area (Å²) in [4.78, 5) is 14.3. The van der Waals surface area contributed by atoms with E-state index in [2.05, 4.69) is 0 Å². The lowest BCUT2D eigenvalue weighted by atomic mass is 10.1. The van der Waals surface area contributed by atoms with Crippen LogP contribution in [0.2, 0.25) is 10.0 Å². The maximum Gasteiger partial charge on any atom is 0.238 e. The van der Waals surface area contributed by atoms with Crippen molar-refractivity contribution in [2.24, 2.45) is 0 Å². The number of carbonyl (C=O) groups excluding carboxylic acids is 1. The van der Waals surface area contributed by atoms with Gasteiger partial charge in [-0.05, 0) is 59.7 Å². The molecule has 0 unspecified atom stereocenters. The highest BCUT2D eigenvalue weighted by Crippen LogP contribution is 2.46. The standard InChI is InChI=1S/C23H18Cl2FNO3S/c1-29-20-11-15(10-19(25)22(20)30-12-14-3-2-4-17(26)9-14)23-27(21(28)13-31-23)18-7-5-16(24)6-8-18/h2-11,23H,12-13H2,1H3/t23-/m0/s1. The zero-order chi connectivity index (χ0) is 22.0. The molecule has 0 aromatic heterocycles. The van der Waals surface area contributed by atoms with Crippen molar-refractivity contribution in [3.8, 4) is 11.5 Å². The minimum Gasteiger partial charge on any atom is -0.493 e. The maximum absolute atomic E-state index is 13.4. The van der Waals surface area contributed by atoms with Gasteiger partial charge in [-0.15, -0.1) is 11.8 Å². The van der Waals surface area contributed by atoms with Crippen molar-refractivity contribution in [1.82, 2.24) is 0 Å². The molecule has 1 aliphatic rings. The van der Waals surface area contributed by atoms with E-state index in [1.165, 1.54) is 31.0 Å². The van der Waals surface area contributed by atoms with E-state index in [0.717, 1.165) is 11.3 Å². The third kappa shape index (κ3) is 4.76. The van der Waals surface area contributed by atoms with Crippen molar-refractivity contribution >= 4 is 46.6 Å². The average Bonchev–Trinajstić information content (AvgIpc) is 3.14. The highest BCUT2D eigenvalue weighted by molar-refractivity contribution is 8.00. The molecule has 1 aliphatic heterocycles. The van der Waals surface area contributed by atoms with E-state index in [1.807, 2.05) is 18.2 Å². The number of rotatable bonds is 6. The molecular formula is C23H18Cl2FNO3S. The van der Waals surface area contributed by atoms with Gasteiger partial charge in [0.05, 0.1) is 17.9 Å². The average molecular weight is 478 g/mol. The quantitative estimate of drug-likeness (QED) is 0.406. The molecule has 0 spiro atoms. The summed E-state index contributed by atoms with van der Waals surface area (Å²) in [6.07, 6.45) is 0. The van der Waals surface area contributed by atoms with Gasteiger partial charge in [0.15, 0.2) is 11.5 Å². The van der Waals surface area contributed by atoms with Gasteiger partial charge < -0.3 is 9.47 Å². The number of hydrogen-bond acceptors (Lipinski definition) is 4. The molecule has 0 bridgehead atoms. The molecule has 160 valence electrons. The molecule has 0 aliphatic carbocycles. The summed E-state index contributed by atoms with van der Waals surface area (Å²) in [5, 5.41) is 0.684. The van der Waals surface area contributed by atoms with Gasteiger partial charge in [-0.3, -0.25) is 9.69 Å². The Kier molecular flexibility index (Phi) is 6.60. The van der Waals surface area contributed by atoms with E-state index >= 15 is 0 Å². The van der Waals surface area contributed by atoms with Gasteiger partial charge in [-0.1, -0.05) is 35.3 Å². The van der Waals surface area contributed by atoms with Crippen LogP contribution in [-0.2, 0) is 11.4 Å². The zero-order valence-corrected chi connectivity index (χ0v) is 18.8. The number of methoxy groups -OCH3 is 1. The van der Waals surface area contributed by atoms with Crippen molar-refractivity contribution in [1.29, 1.82) is 0 Å². The van der Waals surface area contributed by atoms with Gasteiger partial charge >= 0.3 is 0 Å². The molecule has 0 saturated carbocycles. The van der Waals surface area contributed by atoms with Crippen LogP contribution in [0.25, 0.3) is 0 Å². The normalized spacial score (nSPS) is 15.9. The largest absolute Gasteiger partial charge is 0.493 e. The van der Waals surface area contributed by atoms with Crippen molar-refractivity contribution in [2.45, 2.75) is 12.0 Å². The van der Waals surface area contributed by atoms with E-state index in [-0.39, 0.29) is 23.7 Å². The van der Waals surface area contributed by atoms with Gasteiger partial charge in [0.1, 0.15) is 17.8 Å². The molecule has 1 heterocycles. The predicted octanol–water partition coefficient (Wildman–Crippen LogP) is 6.50. The van der Waals surface area contributed by atoms with E-state index in [4.69, 9.17) is 32.7 Å². The van der Waals surface area contributed by atoms with Crippen LogP contribution in [-0.4, -0.2) is 18.8 Å². The Labute approximate surface area is 193 Å². The summed E-state index contributed by atoms with van der Waals surface area (Å²) in [7, 11) is 1.52. The van der Waals surface area contributed by atoms with Crippen molar-refractivity contribution < 1.29 is 18.7 Å². The number of anilines is 1. The molecule has 1 atom stereocenters. The van der Waals surface area contributed by atoms with Crippen molar-refractivity contribution in [2.75, 3.05) is 17.8 Å². The second-order valence-corrected chi connectivity index (χ2v) is 8.77.